The van der Waals surface area contributed by atoms with E-state index in [0.29, 0.717) is 19.4 Å². The van der Waals surface area contributed by atoms with Crippen LogP contribution in [0.1, 0.15) is 24.4 Å². The molecule has 1 aliphatic rings. The number of nitrogens with one attached hydrogen (secondary N) is 2. The van der Waals surface area contributed by atoms with Gasteiger partial charge in [-0.3, -0.25) is 9.59 Å². The van der Waals surface area contributed by atoms with E-state index in [4.69, 9.17) is 5.73 Å². The van der Waals surface area contributed by atoms with Crippen molar-refractivity contribution in [1.29, 1.82) is 0 Å². The van der Waals surface area contributed by atoms with Crippen molar-refractivity contribution < 1.29 is 9.59 Å². The van der Waals surface area contributed by atoms with Crippen molar-refractivity contribution in [3.63, 3.8) is 0 Å². The second kappa shape index (κ2) is 6.15. The topological polar surface area (TPSA) is 84.2 Å². The lowest BCUT2D eigenvalue weighted by molar-refractivity contribution is -0.126. The molecule has 0 radical (unpaired) electrons. The number of carbonyl (C=O) groups excluding carboxylic acids is 2. The minimum absolute atomic E-state index is 0.0739. The van der Waals surface area contributed by atoms with E-state index in [9.17, 15) is 9.59 Å². The molecule has 0 bridgehead atoms. The summed E-state index contributed by atoms with van der Waals surface area (Å²) in [6.45, 7) is 0.310. The molecule has 2 aromatic carbocycles. The fraction of sp³-hybridized carbons (Fsp3) is 0.294. The van der Waals surface area contributed by atoms with Crippen molar-refractivity contribution in [1.82, 2.24) is 10.6 Å². The molecule has 114 valence electrons. The summed E-state index contributed by atoms with van der Waals surface area (Å²) in [5.41, 5.74) is 6.79. The molecule has 0 aliphatic carbocycles. The number of carbonyl (C=O) groups is 2. The molecular weight excluding hydrogens is 278 g/mol. The molecule has 1 saturated heterocycles. The second-order valence-electron chi connectivity index (χ2n) is 5.56. The van der Waals surface area contributed by atoms with Gasteiger partial charge in [0.2, 0.25) is 11.8 Å². The maximum absolute atomic E-state index is 12.2. The fourth-order valence-electron chi connectivity index (χ4n) is 2.79. The van der Waals surface area contributed by atoms with Crippen molar-refractivity contribution in [2.75, 3.05) is 6.54 Å². The van der Waals surface area contributed by atoms with Gasteiger partial charge in [-0.1, -0.05) is 36.4 Å². The zero-order chi connectivity index (χ0) is 15.5. The van der Waals surface area contributed by atoms with E-state index in [-0.39, 0.29) is 17.9 Å². The lowest BCUT2D eigenvalue weighted by Gasteiger charge is -2.20. The molecule has 1 aliphatic heterocycles. The lowest BCUT2D eigenvalue weighted by atomic mass is 10.0. The molecule has 0 spiro atoms. The zero-order valence-electron chi connectivity index (χ0n) is 12.2. The van der Waals surface area contributed by atoms with Crippen LogP contribution in [0.3, 0.4) is 0 Å². The van der Waals surface area contributed by atoms with Gasteiger partial charge < -0.3 is 16.4 Å². The molecule has 3 rings (SSSR count). The molecule has 2 atom stereocenters. The molecule has 4 N–H and O–H groups in total. The van der Waals surface area contributed by atoms with Crippen molar-refractivity contribution in [3.05, 3.63) is 48.0 Å². The summed E-state index contributed by atoms with van der Waals surface area (Å²) in [6.07, 6.45) is 0.945. The molecule has 0 saturated carbocycles. The largest absolute Gasteiger partial charge is 0.346 e. The summed E-state index contributed by atoms with van der Waals surface area (Å²) >= 11 is 0. The van der Waals surface area contributed by atoms with E-state index < -0.39 is 6.04 Å². The summed E-state index contributed by atoms with van der Waals surface area (Å²) in [4.78, 5) is 23.4. The SMILES string of the molecule is NCC(NC(=O)[C@@H]1CCC(=O)N1)c1ccc2ccccc2c1. The van der Waals surface area contributed by atoms with Crippen LogP contribution in [0, 0.1) is 0 Å². The Balaban J connectivity index is 1.77. The van der Waals surface area contributed by atoms with Crippen molar-refractivity contribution in [2.45, 2.75) is 24.9 Å². The smallest absolute Gasteiger partial charge is 0.243 e. The quantitative estimate of drug-likeness (QED) is 0.793. The van der Waals surface area contributed by atoms with Crippen molar-refractivity contribution in [2.24, 2.45) is 5.73 Å². The molecule has 0 aromatic heterocycles. The number of benzene rings is 2. The molecule has 5 heteroatoms. The van der Waals surface area contributed by atoms with Crippen molar-refractivity contribution >= 4 is 22.6 Å². The van der Waals surface area contributed by atoms with Crippen LogP contribution >= 0.6 is 0 Å². The highest BCUT2D eigenvalue weighted by molar-refractivity contribution is 5.91. The van der Waals surface area contributed by atoms with Gasteiger partial charge in [-0.05, 0) is 28.8 Å². The van der Waals surface area contributed by atoms with E-state index in [0.717, 1.165) is 16.3 Å². The van der Waals surface area contributed by atoms with Gasteiger partial charge in [0.05, 0.1) is 6.04 Å². The average molecular weight is 297 g/mol. The van der Waals surface area contributed by atoms with E-state index >= 15 is 0 Å². The lowest BCUT2D eigenvalue weighted by Crippen LogP contribution is -2.44. The van der Waals surface area contributed by atoms with Gasteiger partial charge in [-0.15, -0.1) is 0 Å². The maximum atomic E-state index is 12.2. The Bertz CT molecular complexity index is 714. The minimum Gasteiger partial charge on any atom is -0.346 e. The average Bonchev–Trinajstić information content (AvgIpc) is 2.98. The van der Waals surface area contributed by atoms with Gasteiger partial charge in [0, 0.05) is 13.0 Å². The van der Waals surface area contributed by atoms with Crippen molar-refractivity contribution in [3.8, 4) is 0 Å². The third-order valence-electron chi connectivity index (χ3n) is 4.04. The Hall–Kier alpha value is -2.40. The molecular formula is C17H19N3O2. The summed E-state index contributed by atoms with van der Waals surface area (Å²) in [6, 6.07) is 13.4. The first-order chi connectivity index (χ1) is 10.7. The van der Waals surface area contributed by atoms with Crippen LogP contribution in [-0.4, -0.2) is 24.4 Å². The van der Waals surface area contributed by atoms with Crippen LogP contribution in [-0.2, 0) is 9.59 Å². The fourth-order valence-corrected chi connectivity index (χ4v) is 2.79. The maximum Gasteiger partial charge on any atom is 0.243 e. The van der Waals surface area contributed by atoms with Crippen LogP contribution < -0.4 is 16.4 Å². The number of nitrogens with two attached hydrogens (primary N) is 1. The van der Waals surface area contributed by atoms with Gasteiger partial charge >= 0.3 is 0 Å². The van der Waals surface area contributed by atoms with Crippen LogP contribution in [0.5, 0.6) is 0 Å². The predicted octanol–water partition coefficient (Wildman–Crippen LogP) is 1.23. The number of fused-ring (bicyclic) bond motifs is 1. The van der Waals surface area contributed by atoms with Gasteiger partial charge in [0.15, 0.2) is 0 Å². The standard InChI is InChI=1S/C17H19N3O2/c18-10-15(20-17(22)14-7-8-16(21)19-14)13-6-5-11-3-1-2-4-12(11)9-13/h1-6,9,14-15H,7-8,10,18H2,(H,19,21)(H,20,22)/t14-,15?/m0/s1. The van der Waals surface area contributed by atoms with E-state index in [1.54, 1.807) is 0 Å². The highest BCUT2D eigenvalue weighted by atomic mass is 16.2. The van der Waals surface area contributed by atoms with Crippen LogP contribution in [0.25, 0.3) is 10.8 Å². The molecule has 5 nitrogen and oxygen atoms in total. The number of amides is 2. The highest BCUT2D eigenvalue weighted by Gasteiger charge is 2.28. The highest BCUT2D eigenvalue weighted by Crippen LogP contribution is 2.20. The third kappa shape index (κ3) is 2.94. The number of hydrogen-bond donors (Lipinski definition) is 3. The molecule has 1 fully saturated rings. The van der Waals surface area contributed by atoms with Crippen LogP contribution in [0.2, 0.25) is 0 Å². The Morgan fingerprint density at radius 1 is 1.27 bits per heavy atom. The Kier molecular flexibility index (Phi) is 4.06. The summed E-state index contributed by atoms with van der Waals surface area (Å²) < 4.78 is 0. The summed E-state index contributed by atoms with van der Waals surface area (Å²) in [5, 5.41) is 7.87. The van der Waals surface area contributed by atoms with E-state index in [1.165, 1.54) is 0 Å². The molecule has 1 heterocycles. The minimum atomic E-state index is -0.443. The van der Waals surface area contributed by atoms with Crippen LogP contribution in [0.4, 0.5) is 0 Å². The molecule has 1 unspecified atom stereocenters. The van der Waals surface area contributed by atoms with E-state index in [2.05, 4.69) is 10.6 Å². The van der Waals surface area contributed by atoms with Gasteiger partial charge in [-0.2, -0.15) is 0 Å². The third-order valence-corrected chi connectivity index (χ3v) is 4.04. The zero-order valence-corrected chi connectivity index (χ0v) is 12.2. The van der Waals surface area contributed by atoms with E-state index in [1.807, 2.05) is 42.5 Å². The Morgan fingerprint density at radius 3 is 2.73 bits per heavy atom. The molecule has 22 heavy (non-hydrogen) atoms. The number of hydrogen-bond acceptors (Lipinski definition) is 3. The first-order valence-electron chi connectivity index (χ1n) is 7.46. The van der Waals surface area contributed by atoms with Gasteiger partial charge in [0.25, 0.3) is 0 Å². The summed E-state index contributed by atoms with van der Waals surface area (Å²) in [7, 11) is 0. The van der Waals surface area contributed by atoms with Crippen LogP contribution in [0.15, 0.2) is 42.5 Å². The number of rotatable bonds is 4. The Labute approximate surface area is 128 Å². The van der Waals surface area contributed by atoms with Gasteiger partial charge in [0.1, 0.15) is 6.04 Å². The monoisotopic (exact) mass is 297 g/mol. The molecule has 2 amide bonds. The Morgan fingerprint density at radius 2 is 2.05 bits per heavy atom. The molecule has 2 aromatic rings. The second-order valence-corrected chi connectivity index (χ2v) is 5.56. The normalized spacial score (nSPS) is 19.0. The predicted molar refractivity (Wildman–Crippen MR) is 85.1 cm³/mol. The summed E-state index contributed by atoms with van der Waals surface area (Å²) in [5.74, 6) is -0.246. The first kappa shape index (κ1) is 14.5. The first-order valence-corrected chi connectivity index (χ1v) is 7.46. The van der Waals surface area contributed by atoms with Gasteiger partial charge in [-0.25, -0.2) is 0 Å².